The van der Waals surface area contributed by atoms with E-state index in [0.717, 1.165) is 27.9 Å². The molecular formula is C28H31NO6. The molecule has 1 saturated heterocycles. The Labute approximate surface area is 205 Å². The van der Waals surface area contributed by atoms with E-state index in [1.165, 1.54) is 19.2 Å². The van der Waals surface area contributed by atoms with E-state index < -0.39 is 4.92 Å². The topological polar surface area (TPSA) is 91.8 Å². The molecular weight excluding hydrogens is 446 g/mol. The maximum atomic E-state index is 12.5. The van der Waals surface area contributed by atoms with Gasteiger partial charge in [0.2, 0.25) is 0 Å². The largest absolute Gasteiger partial charge is 0.468 e. The summed E-state index contributed by atoms with van der Waals surface area (Å²) in [7, 11) is 1.48. The molecule has 0 bridgehead atoms. The van der Waals surface area contributed by atoms with Crippen LogP contribution in [0.25, 0.3) is 6.08 Å². The number of methoxy groups -OCH3 is 1. The molecule has 1 aliphatic rings. The Hall–Kier alpha value is -3.71. The highest BCUT2D eigenvalue weighted by Crippen LogP contribution is 2.35. The van der Waals surface area contributed by atoms with Gasteiger partial charge in [0.1, 0.15) is 11.9 Å². The standard InChI is InChI=1S/C28H31NO6/c1-17(11-18(2)13-22-7-9-24(10-8-22)29(31)32)12-19(3)14-23-15-25(34-16-23)27-20(4)26(30)21(5)28(33-6)35-27/h7-14,25H,15-16H2,1-6H3/b17-11+,18-13+,19-12+,23-14+/t25-/m0/s1. The molecule has 184 valence electrons. The highest BCUT2D eigenvalue weighted by Gasteiger charge is 2.28. The van der Waals surface area contributed by atoms with Gasteiger partial charge in [-0.25, -0.2) is 0 Å². The lowest BCUT2D eigenvalue weighted by Crippen LogP contribution is -2.15. The molecule has 2 heterocycles. The number of hydrogen-bond donors (Lipinski definition) is 0. The van der Waals surface area contributed by atoms with Crippen LogP contribution in [0.5, 0.6) is 5.95 Å². The lowest BCUT2D eigenvalue weighted by molar-refractivity contribution is -0.384. The van der Waals surface area contributed by atoms with E-state index in [9.17, 15) is 14.9 Å². The predicted molar refractivity (Wildman–Crippen MR) is 137 cm³/mol. The van der Waals surface area contributed by atoms with Crippen molar-refractivity contribution in [3.63, 3.8) is 0 Å². The summed E-state index contributed by atoms with van der Waals surface area (Å²) in [5, 5.41) is 10.8. The van der Waals surface area contributed by atoms with Crippen LogP contribution in [0.1, 0.15) is 55.7 Å². The van der Waals surface area contributed by atoms with Gasteiger partial charge in [0.25, 0.3) is 11.6 Å². The Kier molecular flexibility index (Phi) is 8.25. The van der Waals surface area contributed by atoms with Crippen LogP contribution in [0, 0.1) is 24.0 Å². The molecule has 1 atom stereocenters. The van der Waals surface area contributed by atoms with Crippen molar-refractivity contribution in [1.82, 2.24) is 0 Å². The van der Waals surface area contributed by atoms with E-state index in [-0.39, 0.29) is 23.2 Å². The lowest BCUT2D eigenvalue weighted by Gasteiger charge is -2.13. The van der Waals surface area contributed by atoms with Crippen molar-refractivity contribution in [1.29, 1.82) is 0 Å². The molecule has 1 aromatic heterocycles. The van der Waals surface area contributed by atoms with Crippen molar-refractivity contribution in [3.05, 3.63) is 108 Å². The molecule has 1 aliphatic heterocycles. The van der Waals surface area contributed by atoms with Crippen LogP contribution in [0.4, 0.5) is 5.69 Å². The zero-order chi connectivity index (χ0) is 25.7. The van der Waals surface area contributed by atoms with Gasteiger partial charge in [0, 0.05) is 24.1 Å². The molecule has 2 aromatic rings. The molecule has 0 aliphatic carbocycles. The van der Waals surface area contributed by atoms with E-state index in [0.29, 0.717) is 29.9 Å². The maximum absolute atomic E-state index is 12.5. The number of non-ortho nitro benzene ring substituents is 1. The number of allylic oxidation sites excluding steroid dienone is 6. The van der Waals surface area contributed by atoms with Crippen LogP contribution in [0.2, 0.25) is 0 Å². The number of ether oxygens (including phenoxy) is 2. The van der Waals surface area contributed by atoms with Gasteiger partial charge in [0.15, 0.2) is 5.43 Å². The Morgan fingerprint density at radius 1 is 1.06 bits per heavy atom. The second-order valence-corrected chi connectivity index (χ2v) is 8.86. The first-order valence-corrected chi connectivity index (χ1v) is 11.4. The van der Waals surface area contributed by atoms with Crippen LogP contribution in [-0.2, 0) is 4.74 Å². The SMILES string of the molecule is COc1oc([C@@H]2C\C(=C/C(C)=C/C(C)=C/C(C)=C/c3ccc([N+](=O)[O-])cc3)CO2)c(C)c(=O)c1C. The molecule has 0 saturated carbocycles. The summed E-state index contributed by atoms with van der Waals surface area (Å²) in [6.45, 7) is 9.97. The van der Waals surface area contributed by atoms with Crippen molar-refractivity contribution >= 4 is 11.8 Å². The zero-order valence-electron chi connectivity index (χ0n) is 21.0. The average molecular weight is 478 g/mol. The van der Waals surface area contributed by atoms with Crippen LogP contribution >= 0.6 is 0 Å². The lowest BCUT2D eigenvalue weighted by atomic mass is 10.0. The quantitative estimate of drug-likeness (QED) is 0.255. The van der Waals surface area contributed by atoms with Crippen LogP contribution in [0.15, 0.2) is 74.0 Å². The number of benzene rings is 1. The minimum absolute atomic E-state index is 0.0788. The van der Waals surface area contributed by atoms with Crippen molar-refractivity contribution in [2.24, 2.45) is 0 Å². The number of nitro benzene ring substituents is 1. The Morgan fingerprint density at radius 2 is 1.71 bits per heavy atom. The molecule has 1 fully saturated rings. The first-order valence-electron chi connectivity index (χ1n) is 11.4. The highest BCUT2D eigenvalue weighted by molar-refractivity contribution is 5.57. The predicted octanol–water partition coefficient (Wildman–Crippen LogP) is 6.56. The van der Waals surface area contributed by atoms with Crippen molar-refractivity contribution in [2.45, 2.75) is 47.1 Å². The minimum Gasteiger partial charge on any atom is -0.468 e. The average Bonchev–Trinajstić information content (AvgIpc) is 3.25. The van der Waals surface area contributed by atoms with E-state index in [1.807, 2.05) is 26.8 Å². The van der Waals surface area contributed by atoms with Gasteiger partial charge >= 0.3 is 0 Å². The normalized spacial score (nSPS) is 18.3. The number of hydrogen-bond acceptors (Lipinski definition) is 6. The fourth-order valence-electron chi connectivity index (χ4n) is 4.19. The van der Waals surface area contributed by atoms with Gasteiger partial charge in [-0.15, -0.1) is 0 Å². The minimum atomic E-state index is -0.404. The number of nitrogens with zero attached hydrogens (tertiary/aromatic N) is 1. The van der Waals surface area contributed by atoms with Crippen LogP contribution in [0.3, 0.4) is 0 Å². The van der Waals surface area contributed by atoms with E-state index in [4.69, 9.17) is 13.9 Å². The van der Waals surface area contributed by atoms with E-state index in [1.54, 1.807) is 26.0 Å². The molecule has 0 spiro atoms. The van der Waals surface area contributed by atoms with Crippen molar-refractivity contribution < 1.29 is 18.8 Å². The van der Waals surface area contributed by atoms with Crippen molar-refractivity contribution in [2.75, 3.05) is 13.7 Å². The second-order valence-electron chi connectivity index (χ2n) is 8.86. The number of nitro groups is 1. The van der Waals surface area contributed by atoms with Gasteiger partial charge in [-0.1, -0.05) is 41.0 Å². The molecule has 0 amide bonds. The van der Waals surface area contributed by atoms with Gasteiger partial charge in [-0.05, 0) is 57.9 Å². The Balaban J connectivity index is 1.71. The Bertz CT molecular complexity index is 1290. The number of rotatable bonds is 7. The zero-order valence-corrected chi connectivity index (χ0v) is 21.0. The molecule has 7 nitrogen and oxygen atoms in total. The molecule has 0 unspecified atom stereocenters. The molecule has 3 rings (SSSR count). The third-order valence-corrected chi connectivity index (χ3v) is 5.80. The molecule has 0 radical (unpaired) electrons. The van der Waals surface area contributed by atoms with Gasteiger partial charge < -0.3 is 13.9 Å². The highest BCUT2D eigenvalue weighted by atomic mass is 16.6. The molecule has 7 heteroatoms. The van der Waals surface area contributed by atoms with Crippen molar-refractivity contribution in [3.8, 4) is 5.95 Å². The molecule has 0 N–H and O–H groups in total. The monoisotopic (exact) mass is 477 g/mol. The smallest absolute Gasteiger partial charge is 0.291 e. The maximum Gasteiger partial charge on any atom is 0.291 e. The summed E-state index contributed by atoms with van der Waals surface area (Å²) >= 11 is 0. The fourth-order valence-corrected chi connectivity index (χ4v) is 4.19. The molecule has 1 aromatic carbocycles. The summed E-state index contributed by atoms with van der Waals surface area (Å²) in [4.78, 5) is 22.9. The summed E-state index contributed by atoms with van der Waals surface area (Å²) in [6, 6.07) is 6.48. The van der Waals surface area contributed by atoms with Gasteiger partial charge in [-0.2, -0.15) is 0 Å². The molecule has 35 heavy (non-hydrogen) atoms. The second kappa shape index (κ2) is 11.1. The fraction of sp³-hybridized carbons (Fsp3) is 0.321. The van der Waals surface area contributed by atoms with Crippen LogP contribution < -0.4 is 10.2 Å². The van der Waals surface area contributed by atoms with E-state index in [2.05, 4.69) is 18.2 Å². The summed E-state index contributed by atoms with van der Waals surface area (Å²) < 4.78 is 17.0. The summed E-state index contributed by atoms with van der Waals surface area (Å²) in [5.41, 5.74) is 6.23. The van der Waals surface area contributed by atoms with Gasteiger partial charge in [-0.3, -0.25) is 14.9 Å². The summed E-state index contributed by atoms with van der Waals surface area (Å²) in [5.74, 6) is 0.746. The van der Waals surface area contributed by atoms with Crippen LogP contribution in [-0.4, -0.2) is 18.6 Å². The summed E-state index contributed by atoms with van der Waals surface area (Å²) in [6.07, 6.45) is 8.56. The third-order valence-electron chi connectivity index (χ3n) is 5.80. The van der Waals surface area contributed by atoms with Gasteiger partial charge in [0.05, 0.1) is 24.2 Å². The third kappa shape index (κ3) is 6.45. The first-order chi connectivity index (χ1) is 16.6. The van der Waals surface area contributed by atoms with E-state index >= 15 is 0 Å². The Morgan fingerprint density at radius 3 is 2.34 bits per heavy atom. The first kappa shape index (κ1) is 25.9.